The molecule has 3 aromatic rings. The highest BCUT2D eigenvalue weighted by atomic mass is 32.2. The number of rotatable bonds is 5. The summed E-state index contributed by atoms with van der Waals surface area (Å²) in [5.74, 6) is 1.17. The van der Waals surface area contributed by atoms with E-state index in [0.717, 1.165) is 10.9 Å². The summed E-state index contributed by atoms with van der Waals surface area (Å²) in [5.41, 5.74) is 6.85. The summed E-state index contributed by atoms with van der Waals surface area (Å²) in [7, 11) is 0. The minimum Gasteiger partial charge on any atom is -0.358 e. The molecule has 0 amide bonds. The highest BCUT2D eigenvalue weighted by molar-refractivity contribution is 7.98. The number of hydrazine groups is 1. The van der Waals surface area contributed by atoms with Gasteiger partial charge in [-0.05, 0) is 30.6 Å². The Balaban J connectivity index is 1.97. The van der Waals surface area contributed by atoms with Crippen molar-refractivity contribution in [3.63, 3.8) is 0 Å². The molecule has 0 atom stereocenters. The van der Waals surface area contributed by atoms with Crippen molar-refractivity contribution >= 4 is 51.6 Å². The molecule has 3 rings (SSSR count). The Morgan fingerprint density at radius 1 is 1.39 bits per heavy atom. The highest BCUT2D eigenvalue weighted by Crippen LogP contribution is 2.23. The second kappa shape index (κ2) is 6.80. The maximum Gasteiger partial charge on any atom is 0.255 e. The number of benzene rings is 1. The molecule has 0 aliphatic carbocycles. The van der Waals surface area contributed by atoms with Crippen LogP contribution >= 0.6 is 24.0 Å². The van der Waals surface area contributed by atoms with Crippen LogP contribution in [0.15, 0.2) is 42.1 Å². The summed E-state index contributed by atoms with van der Waals surface area (Å²) in [5, 5.41) is 9.47. The van der Waals surface area contributed by atoms with E-state index < -0.39 is 0 Å². The van der Waals surface area contributed by atoms with E-state index >= 15 is 0 Å². The zero-order valence-electron chi connectivity index (χ0n) is 12.4. The van der Waals surface area contributed by atoms with E-state index in [1.807, 2.05) is 30.5 Å². The average Bonchev–Trinajstić information content (AvgIpc) is 3.01. The van der Waals surface area contributed by atoms with E-state index in [4.69, 9.17) is 12.2 Å². The van der Waals surface area contributed by atoms with Crippen LogP contribution in [-0.4, -0.2) is 37.5 Å². The number of hydrogen-bond acceptors (Lipinski definition) is 6. The van der Waals surface area contributed by atoms with Gasteiger partial charge in [0.15, 0.2) is 10.9 Å². The fourth-order valence-electron chi connectivity index (χ4n) is 2.05. The third-order valence-electron chi connectivity index (χ3n) is 3.05. The normalized spacial score (nSPS) is 10.7. The Hall–Kier alpha value is -2.39. The molecule has 0 fully saturated rings. The first-order chi connectivity index (χ1) is 11.2. The molecule has 0 saturated heterocycles. The van der Waals surface area contributed by atoms with Gasteiger partial charge in [-0.2, -0.15) is 14.5 Å². The topological polar surface area (TPSA) is 79.2 Å². The number of aromatic nitrogens is 4. The van der Waals surface area contributed by atoms with Crippen LogP contribution in [-0.2, 0) is 0 Å². The molecule has 0 unspecified atom stereocenters. The van der Waals surface area contributed by atoms with Crippen LogP contribution in [0.1, 0.15) is 0 Å². The van der Waals surface area contributed by atoms with E-state index in [0.29, 0.717) is 28.4 Å². The van der Waals surface area contributed by atoms with Crippen molar-refractivity contribution in [1.82, 2.24) is 30.3 Å². The van der Waals surface area contributed by atoms with Crippen LogP contribution in [0.2, 0.25) is 0 Å². The lowest BCUT2D eigenvalue weighted by Crippen LogP contribution is -2.39. The second-order valence-electron chi connectivity index (χ2n) is 4.54. The number of nitrogens with zero attached hydrogens (tertiary/aromatic N) is 4. The minimum absolute atomic E-state index is 0.460. The summed E-state index contributed by atoms with van der Waals surface area (Å²) >= 11 is 6.64. The van der Waals surface area contributed by atoms with Gasteiger partial charge >= 0.3 is 0 Å². The molecule has 7 nitrogen and oxygen atoms in total. The number of nitrogens with one attached hydrogen (secondary N) is 3. The van der Waals surface area contributed by atoms with Gasteiger partial charge < -0.3 is 5.32 Å². The zero-order valence-corrected chi connectivity index (χ0v) is 14.0. The van der Waals surface area contributed by atoms with Crippen molar-refractivity contribution in [2.24, 2.45) is 0 Å². The molecule has 118 valence electrons. The van der Waals surface area contributed by atoms with Crippen molar-refractivity contribution in [2.45, 2.75) is 5.16 Å². The van der Waals surface area contributed by atoms with Gasteiger partial charge in [-0.1, -0.05) is 30.0 Å². The molecule has 3 N–H and O–H groups in total. The van der Waals surface area contributed by atoms with Crippen LogP contribution in [0.25, 0.3) is 16.7 Å². The maximum absolute atomic E-state index is 5.16. The first-order valence-electron chi connectivity index (χ1n) is 6.83. The SMILES string of the molecule is C=CCNC(=S)NNc1nc2nc(SC)nn2c2ccccc12. The zero-order chi connectivity index (χ0) is 16.2. The van der Waals surface area contributed by atoms with E-state index in [2.05, 4.69) is 37.8 Å². The van der Waals surface area contributed by atoms with Gasteiger partial charge in [-0.15, -0.1) is 11.7 Å². The quantitative estimate of drug-likeness (QED) is 0.280. The standard InChI is InChI=1S/C14H15N7S2/c1-3-8-15-13(22)19-18-11-9-6-4-5-7-10(9)21-12(16-11)17-14(20-21)23-2/h3-7H,1,8H2,2H3,(H2,15,19,22)(H,16,17,18,20). The fraction of sp³-hybridized carbons (Fsp3) is 0.143. The second-order valence-corrected chi connectivity index (χ2v) is 5.72. The average molecular weight is 345 g/mol. The predicted octanol–water partition coefficient (Wildman–Crippen LogP) is 1.98. The first-order valence-corrected chi connectivity index (χ1v) is 8.46. The molecule has 0 bridgehead atoms. The van der Waals surface area contributed by atoms with Crippen molar-refractivity contribution < 1.29 is 0 Å². The number of fused-ring (bicyclic) bond motifs is 3. The molecule has 0 radical (unpaired) electrons. The summed E-state index contributed by atoms with van der Waals surface area (Å²) in [6.45, 7) is 4.22. The Bertz CT molecular complexity index is 874. The third kappa shape index (κ3) is 3.20. The van der Waals surface area contributed by atoms with Gasteiger partial charge in [-0.3, -0.25) is 10.9 Å². The molecule has 2 heterocycles. The third-order valence-corrected chi connectivity index (χ3v) is 3.84. The Labute approximate surface area is 142 Å². The number of para-hydroxylation sites is 1. The Kier molecular flexibility index (Phi) is 4.58. The number of thioether (sulfide) groups is 1. The smallest absolute Gasteiger partial charge is 0.255 e. The van der Waals surface area contributed by atoms with E-state index in [1.54, 1.807) is 10.6 Å². The van der Waals surface area contributed by atoms with Crippen LogP contribution < -0.4 is 16.2 Å². The largest absolute Gasteiger partial charge is 0.358 e. The lowest BCUT2D eigenvalue weighted by molar-refractivity contribution is 0.909. The molecule has 1 aromatic carbocycles. The fourth-order valence-corrected chi connectivity index (χ4v) is 2.52. The van der Waals surface area contributed by atoms with E-state index in [-0.39, 0.29) is 0 Å². The molecule has 0 saturated carbocycles. The number of anilines is 1. The number of thiocarbonyl (C=S) groups is 1. The molecule has 0 aliphatic rings. The van der Waals surface area contributed by atoms with E-state index in [9.17, 15) is 0 Å². The van der Waals surface area contributed by atoms with Crippen LogP contribution in [0.3, 0.4) is 0 Å². The molecule has 0 aliphatic heterocycles. The van der Waals surface area contributed by atoms with Crippen molar-refractivity contribution in [3.05, 3.63) is 36.9 Å². The molecular formula is C14H15N7S2. The highest BCUT2D eigenvalue weighted by Gasteiger charge is 2.12. The van der Waals surface area contributed by atoms with Crippen LogP contribution in [0.4, 0.5) is 5.82 Å². The summed E-state index contributed by atoms with van der Waals surface area (Å²) in [6.07, 6.45) is 3.66. The number of hydrogen-bond donors (Lipinski definition) is 3. The van der Waals surface area contributed by atoms with Gasteiger partial charge in [0.2, 0.25) is 5.16 Å². The molecule has 9 heteroatoms. The lowest BCUT2D eigenvalue weighted by atomic mass is 10.2. The summed E-state index contributed by atoms with van der Waals surface area (Å²) < 4.78 is 1.74. The predicted molar refractivity (Wildman–Crippen MR) is 97.6 cm³/mol. The molecule has 23 heavy (non-hydrogen) atoms. The summed E-state index contributed by atoms with van der Waals surface area (Å²) in [6, 6.07) is 7.84. The van der Waals surface area contributed by atoms with E-state index in [1.165, 1.54) is 11.8 Å². The van der Waals surface area contributed by atoms with Crippen molar-refractivity contribution in [2.75, 3.05) is 18.2 Å². The van der Waals surface area contributed by atoms with Crippen molar-refractivity contribution in [3.8, 4) is 0 Å². The van der Waals surface area contributed by atoms with Gasteiger partial charge in [0.05, 0.1) is 5.52 Å². The van der Waals surface area contributed by atoms with Gasteiger partial charge in [-0.25, -0.2) is 0 Å². The van der Waals surface area contributed by atoms with Gasteiger partial charge in [0.1, 0.15) is 0 Å². The Morgan fingerprint density at radius 3 is 3.00 bits per heavy atom. The van der Waals surface area contributed by atoms with Crippen LogP contribution in [0, 0.1) is 0 Å². The maximum atomic E-state index is 5.16. The lowest BCUT2D eigenvalue weighted by Gasteiger charge is -2.12. The molecule has 0 spiro atoms. The first kappa shape index (κ1) is 15.5. The van der Waals surface area contributed by atoms with Crippen LogP contribution in [0.5, 0.6) is 0 Å². The monoisotopic (exact) mass is 345 g/mol. The van der Waals surface area contributed by atoms with Gasteiger partial charge in [0.25, 0.3) is 5.78 Å². The Morgan fingerprint density at radius 2 is 2.22 bits per heavy atom. The molecule has 2 aromatic heterocycles. The van der Waals surface area contributed by atoms with Gasteiger partial charge in [0, 0.05) is 11.9 Å². The summed E-state index contributed by atoms with van der Waals surface area (Å²) in [4.78, 5) is 8.91. The van der Waals surface area contributed by atoms with Crippen molar-refractivity contribution in [1.29, 1.82) is 0 Å². The molecular weight excluding hydrogens is 330 g/mol. The minimum atomic E-state index is 0.460.